The molecule has 0 aromatic carbocycles. The summed E-state index contributed by atoms with van der Waals surface area (Å²) < 4.78 is 0. The largest absolute Gasteiger partial charge is 0.383 e. The van der Waals surface area contributed by atoms with Crippen LogP contribution < -0.4 is 0 Å². The van der Waals surface area contributed by atoms with E-state index in [1.807, 2.05) is 0 Å². The maximum atomic E-state index is 11.6. The molecule has 0 unspecified atom stereocenters. The maximum absolute atomic E-state index is 11.6. The first-order valence-electron chi connectivity index (χ1n) is 5.59. The van der Waals surface area contributed by atoms with E-state index in [-0.39, 0.29) is 5.78 Å². The van der Waals surface area contributed by atoms with Gasteiger partial charge < -0.3 is 5.11 Å². The lowest BCUT2D eigenvalue weighted by atomic mass is 10.1. The standard InChI is InChI=1S/C11H26O2Si2/c1-10(12)11(13,8-14(2,3)4)9-15(5,6)7/h13H,8-9H2,1-7H3. The van der Waals surface area contributed by atoms with Gasteiger partial charge in [-0.25, -0.2) is 0 Å². The number of carbonyl (C=O) groups is 1. The predicted molar refractivity (Wildman–Crippen MR) is 71.9 cm³/mol. The Labute approximate surface area is 96.1 Å². The molecule has 0 radical (unpaired) electrons. The molecule has 0 aliphatic rings. The molecule has 90 valence electrons. The monoisotopic (exact) mass is 246 g/mol. The Morgan fingerprint density at radius 2 is 1.27 bits per heavy atom. The van der Waals surface area contributed by atoms with E-state index in [0.29, 0.717) is 12.1 Å². The van der Waals surface area contributed by atoms with Crippen LogP contribution in [0.25, 0.3) is 0 Å². The number of hydrogen-bond donors (Lipinski definition) is 1. The molecule has 0 atom stereocenters. The fourth-order valence-corrected chi connectivity index (χ4v) is 6.57. The Morgan fingerprint density at radius 3 is 1.40 bits per heavy atom. The van der Waals surface area contributed by atoms with Crippen molar-refractivity contribution in [3.8, 4) is 0 Å². The normalized spacial score (nSPS) is 14.1. The van der Waals surface area contributed by atoms with E-state index in [0.717, 1.165) is 0 Å². The SMILES string of the molecule is CC(=O)C(O)(C[Si](C)(C)C)C[Si](C)(C)C. The molecule has 0 bridgehead atoms. The molecule has 1 N–H and O–H groups in total. The van der Waals surface area contributed by atoms with Crippen LogP contribution in [0.1, 0.15) is 6.92 Å². The van der Waals surface area contributed by atoms with Gasteiger partial charge in [-0.15, -0.1) is 0 Å². The number of Topliss-reactive ketones (excluding diaryl/α,β-unsaturated/α-hetero) is 1. The number of hydrogen-bond acceptors (Lipinski definition) is 2. The first kappa shape index (κ1) is 15.1. The minimum atomic E-state index is -1.40. The van der Waals surface area contributed by atoms with E-state index in [4.69, 9.17) is 0 Å². The van der Waals surface area contributed by atoms with E-state index in [9.17, 15) is 9.90 Å². The molecule has 0 saturated heterocycles. The lowest BCUT2D eigenvalue weighted by molar-refractivity contribution is -0.131. The summed E-state index contributed by atoms with van der Waals surface area (Å²) in [5, 5.41) is 10.5. The van der Waals surface area contributed by atoms with Crippen LogP contribution in [0.3, 0.4) is 0 Å². The Kier molecular flexibility index (Phi) is 4.53. The van der Waals surface area contributed by atoms with E-state index >= 15 is 0 Å². The van der Waals surface area contributed by atoms with Crippen molar-refractivity contribution in [2.24, 2.45) is 0 Å². The van der Waals surface area contributed by atoms with Crippen molar-refractivity contribution in [1.82, 2.24) is 0 Å². The molecule has 0 aliphatic heterocycles. The summed E-state index contributed by atoms with van der Waals surface area (Å²) >= 11 is 0. The van der Waals surface area contributed by atoms with E-state index in [1.54, 1.807) is 0 Å². The summed E-state index contributed by atoms with van der Waals surface area (Å²) in [6.07, 6.45) is 0. The summed E-state index contributed by atoms with van der Waals surface area (Å²) in [7, 11) is -2.81. The van der Waals surface area contributed by atoms with Crippen LogP contribution in [0.5, 0.6) is 0 Å². The van der Waals surface area contributed by atoms with Gasteiger partial charge in [-0.3, -0.25) is 4.79 Å². The molecule has 0 amide bonds. The smallest absolute Gasteiger partial charge is 0.160 e. The highest BCUT2D eigenvalue weighted by Gasteiger charge is 2.40. The molecule has 0 heterocycles. The number of aliphatic hydroxyl groups is 1. The fraction of sp³-hybridized carbons (Fsp3) is 0.909. The molecule has 0 aromatic heterocycles. The Balaban J connectivity index is 4.85. The van der Waals surface area contributed by atoms with Gasteiger partial charge in [-0.2, -0.15) is 0 Å². The van der Waals surface area contributed by atoms with Crippen LogP contribution in [0.2, 0.25) is 51.4 Å². The van der Waals surface area contributed by atoms with Crippen LogP contribution >= 0.6 is 0 Å². The van der Waals surface area contributed by atoms with E-state index < -0.39 is 21.7 Å². The molecule has 0 aromatic rings. The Morgan fingerprint density at radius 1 is 1.00 bits per heavy atom. The molecule has 4 heteroatoms. The van der Waals surface area contributed by atoms with Crippen molar-refractivity contribution in [1.29, 1.82) is 0 Å². The van der Waals surface area contributed by atoms with Crippen molar-refractivity contribution in [3.63, 3.8) is 0 Å². The minimum Gasteiger partial charge on any atom is -0.383 e. The van der Waals surface area contributed by atoms with Crippen LogP contribution in [0.4, 0.5) is 0 Å². The highest BCUT2D eigenvalue weighted by Crippen LogP contribution is 2.30. The van der Waals surface area contributed by atoms with Crippen LogP contribution in [0, 0.1) is 0 Å². The van der Waals surface area contributed by atoms with Gasteiger partial charge in [0.2, 0.25) is 0 Å². The summed E-state index contributed by atoms with van der Waals surface area (Å²) in [5.74, 6) is -0.0488. The summed E-state index contributed by atoms with van der Waals surface area (Å²) in [6.45, 7) is 14.7. The third-order valence-corrected chi connectivity index (χ3v) is 5.59. The second-order valence-electron chi connectivity index (χ2n) is 7.06. The highest BCUT2D eigenvalue weighted by atomic mass is 28.3. The van der Waals surface area contributed by atoms with Gasteiger partial charge >= 0.3 is 0 Å². The average molecular weight is 246 g/mol. The van der Waals surface area contributed by atoms with Gasteiger partial charge in [0.25, 0.3) is 0 Å². The van der Waals surface area contributed by atoms with Crippen molar-refractivity contribution in [2.75, 3.05) is 0 Å². The molecular formula is C11H26O2Si2. The van der Waals surface area contributed by atoms with E-state index in [1.165, 1.54) is 6.92 Å². The third-order valence-electron chi connectivity index (χ3n) is 2.30. The first-order valence-corrected chi connectivity index (χ1v) is 13.0. The molecule has 0 aliphatic carbocycles. The van der Waals surface area contributed by atoms with Gasteiger partial charge in [0, 0.05) is 16.1 Å². The molecule has 0 spiro atoms. The number of ketones is 1. The molecule has 2 nitrogen and oxygen atoms in total. The van der Waals surface area contributed by atoms with Crippen molar-refractivity contribution < 1.29 is 9.90 Å². The molecule has 0 saturated carbocycles. The maximum Gasteiger partial charge on any atom is 0.160 e. The zero-order valence-electron chi connectivity index (χ0n) is 11.3. The molecule has 0 fully saturated rings. The lowest BCUT2D eigenvalue weighted by Crippen LogP contribution is -2.48. The van der Waals surface area contributed by atoms with Crippen LogP contribution in [-0.2, 0) is 4.79 Å². The molecular weight excluding hydrogens is 220 g/mol. The first-order chi connectivity index (χ1) is 6.36. The van der Waals surface area contributed by atoms with Gasteiger partial charge in [0.05, 0.1) is 0 Å². The second kappa shape index (κ2) is 4.51. The zero-order valence-corrected chi connectivity index (χ0v) is 13.3. The summed E-state index contributed by atoms with van der Waals surface area (Å²) in [4.78, 5) is 11.6. The summed E-state index contributed by atoms with van der Waals surface area (Å²) in [6, 6.07) is 1.39. The predicted octanol–water partition coefficient (Wildman–Crippen LogP) is 2.98. The topological polar surface area (TPSA) is 37.3 Å². The molecule has 0 rings (SSSR count). The summed E-state index contributed by atoms with van der Waals surface area (Å²) in [5.41, 5.74) is -1.05. The van der Waals surface area contributed by atoms with Crippen molar-refractivity contribution >= 4 is 21.9 Å². The Bertz CT molecular complexity index is 220. The van der Waals surface area contributed by atoms with Gasteiger partial charge in [0.15, 0.2) is 5.78 Å². The quantitative estimate of drug-likeness (QED) is 0.757. The van der Waals surface area contributed by atoms with Crippen LogP contribution in [-0.4, -0.2) is 32.6 Å². The van der Waals surface area contributed by atoms with Crippen molar-refractivity contribution in [2.45, 2.75) is 63.9 Å². The zero-order chi connectivity index (χ0) is 12.5. The van der Waals surface area contributed by atoms with Gasteiger partial charge in [-0.1, -0.05) is 39.3 Å². The third kappa shape index (κ3) is 6.27. The minimum absolute atomic E-state index is 0.0488. The fourth-order valence-electron chi connectivity index (χ4n) is 2.07. The van der Waals surface area contributed by atoms with E-state index in [2.05, 4.69) is 39.3 Å². The number of rotatable bonds is 5. The Hall–Kier alpha value is 0.0638. The van der Waals surface area contributed by atoms with Crippen molar-refractivity contribution in [3.05, 3.63) is 0 Å². The van der Waals surface area contributed by atoms with Gasteiger partial charge in [0.1, 0.15) is 5.60 Å². The number of carbonyl (C=O) groups excluding carboxylic acids is 1. The molecule has 15 heavy (non-hydrogen) atoms. The van der Waals surface area contributed by atoms with Gasteiger partial charge in [-0.05, 0) is 19.0 Å². The lowest BCUT2D eigenvalue weighted by Gasteiger charge is -2.35. The second-order valence-corrected chi connectivity index (χ2v) is 18.0. The highest BCUT2D eigenvalue weighted by molar-refractivity contribution is 6.78. The van der Waals surface area contributed by atoms with Crippen LogP contribution in [0.15, 0.2) is 0 Å². The average Bonchev–Trinajstić information content (AvgIpc) is 1.75.